The van der Waals surface area contributed by atoms with Crippen LogP contribution in [-0.4, -0.2) is 25.3 Å². The highest BCUT2D eigenvalue weighted by Crippen LogP contribution is 2.19. The fourth-order valence-electron chi connectivity index (χ4n) is 1.53. The molecule has 116 valence electrons. The largest absolute Gasteiger partial charge is 0.513 e. The van der Waals surface area contributed by atoms with E-state index in [-0.39, 0.29) is 11.3 Å². The van der Waals surface area contributed by atoms with Crippen LogP contribution in [0.1, 0.15) is 49.9 Å². The SMILES string of the molecule is CCCCOC(=O)Oc1ccccc1C(=O)OCCCC. The normalized spacial score (nSPS) is 10.0. The molecule has 0 amide bonds. The molecule has 0 saturated heterocycles. The predicted octanol–water partition coefficient (Wildman–Crippen LogP) is 3.96. The lowest BCUT2D eigenvalue weighted by molar-refractivity contribution is 0.0494. The molecule has 0 aromatic heterocycles. The Balaban J connectivity index is 2.61. The lowest BCUT2D eigenvalue weighted by Crippen LogP contribution is -2.15. The standard InChI is InChI=1S/C16H22O5/c1-3-5-11-19-15(17)13-9-7-8-10-14(13)21-16(18)20-12-6-4-2/h7-10H,3-6,11-12H2,1-2H3. The van der Waals surface area contributed by atoms with Crippen LogP contribution in [0, 0.1) is 0 Å². The maximum absolute atomic E-state index is 11.9. The Labute approximate surface area is 125 Å². The van der Waals surface area contributed by atoms with Crippen molar-refractivity contribution in [2.75, 3.05) is 13.2 Å². The highest BCUT2D eigenvalue weighted by atomic mass is 16.7. The van der Waals surface area contributed by atoms with Crippen LogP contribution >= 0.6 is 0 Å². The van der Waals surface area contributed by atoms with Crippen molar-refractivity contribution in [1.82, 2.24) is 0 Å². The summed E-state index contributed by atoms with van der Waals surface area (Å²) in [5.74, 6) is -0.346. The summed E-state index contributed by atoms with van der Waals surface area (Å²) >= 11 is 0. The lowest BCUT2D eigenvalue weighted by atomic mass is 10.2. The summed E-state index contributed by atoms with van der Waals surface area (Å²) in [5, 5.41) is 0. The number of carbonyl (C=O) groups excluding carboxylic acids is 2. The zero-order valence-electron chi connectivity index (χ0n) is 12.6. The third-order valence-corrected chi connectivity index (χ3v) is 2.75. The van der Waals surface area contributed by atoms with Gasteiger partial charge in [-0.05, 0) is 25.0 Å². The number of rotatable bonds is 8. The summed E-state index contributed by atoms with van der Waals surface area (Å²) in [6.45, 7) is 4.66. The quantitative estimate of drug-likeness (QED) is 0.412. The molecule has 0 aliphatic carbocycles. The number of hydrogen-bond acceptors (Lipinski definition) is 5. The number of hydrogen-bond donors (Lipinski definition) is 0. The fraction of sp³-hybridized carbons (Fsp3) is 0.500. The molecule has 0 atom stereocenters. The van der Waals surface area contributed by atoms with E-state index in [1.807, 2.05) is 13.8 Å². The molecular weight excluding hydrogens is 272 g/mol. The van der Waals surface area contributed by atoms with Gasteiger partial charge in [0.1, 0.15) is 11.3 Å². The van der Waals surface area contributed by atoms with Gasteiger partial charge in [-0.25, -0.2) is 9.59 Å². The maximum atomic E-state index is 11.9. The summed E-state index contributed by atoms with van der Waals surface area (Å²) in [5.41, 5.74) is 0.223. The summed E-state index contributed by atoms with van der Waals surface area (Å²) in [6.07, 6.45) is 2.63. The molecule has 0 spiro atoms. The van der Waals surface area contributed by atoms with E-state index in [9.17, 15) is 9.59 Å². The van der Waals surface area contributed by atoms with E-state index in [0.717, 1.165) is 25.7 Å². The van der Waals surface area contributed by atoms with E-state index in [1.54, 1.807) is 18.2 Å². The number of ether oxygens (including phenoxy) is 3. The average Bonchev–Trinajstić information content (AvgIpc) is 2.48. The Morgan fingerprint density at radius 3 is 2.24 bits per heavy atom. The smallest absolute Gasteiger partial charge is 0.462 e. The van der Waals surface area contributed by atoms with E-state index >= 15 is 0 Å². The van der Waals surface area contributed by atoms with Crippen LogP contribution in [0.4, 0.5) is 4.79 Å². The highest BCUT2D eigenvalue weighted by molar-refractivity contribution is 5.93. The second-order valence-electron chi connectivity index (χ2n) is 4.54. The van der Waals surface area contributed by atoms with E-state index in [0.29, 0.717) is 13.2 Å². The zero-order chi connectivity index (χ0) is 15.5. The summed E-state index contributed by atoms with van der Waals surface area (Å²) < 4.78 is 15.1. The molecule has 0 unspecified atom stereocenters. The molecule has 0 aliphatic heterocycles. The Bertz CT molecular complexity index is 456. The molecular formula is C16H22O5. The summed E-state index contributed by atoms with van der Waals surface area (Å²) in [7, 11) is 0. The first kappa shape index (κ1) is 17.0. The van der Waals surface area contributed by atoms with Crippen LogP contribution in [0.5, 0.6) is 5.75 Å². The first-order valence-electron chi connectivity index (χ1n) is 7.29. The van der Waals surface area contributed by atoms with Gasteiger partial charge >= 0.3 is 12.1 Å². The van der Waals surface area contributed by atoms with Crippen molar-refractivity contribution in [1.29, 1.82) is 0 Å². The molecule has 21 heavy (non-hydrogen) atoms. The third-order valence-electron chi connectivity index (χ3n) is 2.75. The molecule has 0 saturated carbocycles. The predicted molar refractivity (Wildman–Crippen MR) is 78.5 cm³/mol. The molecule has 0 heterocycles. The molecule has 1 aromatic carbocycles. The lowest BCUT2D eigenvalue weighted by Gasteiger charge is -2.10. The molecule has 0 N–H and O–H groups in total. The van der Waals surface area contributed by atoms with Gasteiger partial charge in [0, 0.05) is 0 Å². The fourth-order valence-corrected chi connectivity index (χ4v) is 1.53. The van der Waals surface area contributed by atoms with Gasteiger partial charge in [-0.3, -0.25) is 0 Å². The van der Waals surface area contributed by atoms with Gasteiger partial charge in [0.2, 0.25) is 0 Å². The Morgan fingerprint density at radius 1 is 0.952 bits per heavy atom. The number of esters is 1. The van der Waals surface area contributed by atoms with Crippen molar-refractivity contribution in [2.45, 2.75) is 39.5 Å². The highest BCUT2D eigenvalue weighted by Gasteiger charge is 2.16. The monoisotopic (exact) mass is 294 g/mol. The molecule has 1 aromatic rings. The van der Waals surface area contributed by atoms with Gasteiger partial charge in [0.25, 0.3) is 0 Å². The van der Waals surface area contributed by atoms with E-state index in [2.05, 4.69) is 0 Å². The summed E-state index contributed by atoms with van der Waals surface area (Å²) in [4.78, 5) is 23.5. The molecule has 0 radical (unpaired) electrons. The van der Waals surface area contributed by atoms with Gasteiger partial charge in [-0.1, -0.05) is 38.8 Å². The molecule has 0 fully saturated rings. The van der Waals surface area contributed by atoms with Crippen molar-refractivity contribution < 1.29 is 23.8 Å². The van der Waals surface area contributed by atoms with Crippen molar-refractivity contribution in [2.24, 2.45) is 0 Å². The first-order chi connectivity index (χ1) is 10.2. The van der Waals surface area contributed by atoms with Gasteiger partial charge in [0.05, 0.1) is 13.2 Å². The minimum atomic E-state index is -0.808. The topological polar surface area (TPSA) is 61.8 Å². The molecule has 0 bridgehead atoms. The van der Waals surface area contributed by atoms with Crippen LogP contribution < -0.4 is 4.74 Å². The van der Waals surface area contributed by atoms with E-state index in [1.165, 1.54) is 6.07 Å². The molecule has 5 nitrogen and oxygen atoms in total. The first-order valence-corrected chi connectivity index (χ1v) is 7.29. The maximum Gasteiger partial charge on any atom is 0.513 e. The third kappa shape index (κ3) is 6.29. The van der Waals surface area contributed by atoms with Crippen molar-refractivity contribution in [3.63, 3.8) is 0 Å². The van der Waals surface area contributed by atoms with Crippen LogP contribution in [0.15, 0.2) is 24.3 Å². The van der Waals surface area contributed by atoms with Crippen molar-refractivity contribution in [3.8, 4) is 5.75 Å². The van der Waals surface area contributed by atoms with Gasteiger partial charge in [-0.2, -0.15) is 0 Å². The molecule has 5 heteroatoms. The van der Waals surface area contributed by atoms with Gasteiger partial charge < -0.3 is 14.2 Å². The minimum Gasteiger partial charge on any atom is -0.462 e. The minimum absolute atomic E-state index is 0.153. The van der Waals surface area contributed by atoms with Crippen LogP contribution in [0.25, 0.3) is 0 Å². The summed E-state index contributed by atoms with van der Waals surface area (Å²) in [6, 6.07) is 6.46. The Kier molecular flexibility index (Phi) is 7.94. The molecule has 1 rings (SSSR count). The van der Waals surface area contributed by atoms with E-state index < -0.39 is 12.1 Å². The zero-order valence-corrected chi connectivity index (χ0v) is 12.6. The van der Waals surface area contributed by atoms with Gasteiger partial charge in [0.15, 0.2) is 0 Å². The second-order valence-corrected chi connectivity index (χ2v) is 4.54. The Morgan fingerprint density at radius 2 is 1.57 bits per heavy atom. The number of para-hydroxylation sites is 1. The number of carbonyl (C=O) groups is 2. The number of unbranched alkanes of at least 4 members (excludes halogenated alkanes) is 2. The Hall–Kier alpha value is -2.04. The second kappa shape index (κ2) is 9.80. The number of benzene rings is 1. The van der Waals surface area contributed by atoms with E-state index in [4.69, 9.17) is 14.2 Å². The van der Waals surface area contributed by atoms with Crippen LogP contribution in [0.3, 0.4) is 0 Å². The van der Waals surface area contributed by atoms with Gasteiger partial charge in [-0.15, -0.1) is 0 Å². The van der Waals surface area contributed by atoms with Crippen molar-refractivity contribution >= 4 is 12.1 Å². The van der Waals surface area contributed by atoms with Crippen LogP contribution in [-0.2, 0) is 9.47 Å². The average molecular weight is 294 g/mol. The van der Waals surface area contributed by atoms with Crippen molar-refractivity contribution in [3.05, 3.63) is 29.8 Å². The molecule has 0 aliphatic rings. The van der Waals surface area contributed by atoms with Crippen LogP contribution in [0.2, 0.25) is 0 Å².